The van der Waals surface area contributed by atoms with Crippen molar-refractivity contribution in [1.82, 2.24) is 24.8 Å². The van der Waals surface area contributed by atoms with E-state index >= 15 is 0 Å². The van der Waals surface area contributed by atoms with E-state index in [1.54, 1.807) is 29.1 Å². The Kier molecular flexibility index (Phi) is 6.86. The first-order valence-electron chi connectivity index (χ1n) is 9.19. The number of imidazole rings is 1. The third kappa shape index (κ3) is 5.56. The third-order valence-corrected chi connectivity index (χ3v) is 5.70. The molecule has 2 aromatic rings. The van der Waals surface area contributed by atoms with E-state index in [1.807, 2.05) is 36.0 Å². The molecule has 0 unspecified atom stereocenters. The number of thioether (sulfide) groups is 1. The van der Waals surface area contributed by atoms with Crippen LogP contribution >= 0.6 is 11.8 Å². The molecule has 0 saturated carbocycles. The van der Waals surface area contributed by atoms with Crippen molar-refractivity contribution in [2.24, 2.45) is 13.0 Å². The number of hydrogen-bond donors (Lipinski definition) is 1. The largest absolute Gasteiger partial charge is 0.355 e. The van der Waals surface area contributed by atoms with Gasteiger partial charge in [0, 0.05) is 69.6 Å². The molecule has 0 aromatic carbocycles. The first kappa shape index (κ1) is 19.4. The zero-order chi connectivity index (χ0) is 19.1. The number of hydrogen-bond acceptors (Lipinski definition) is 5. The number of carbonyl (C=O) groups is 2. The lowest BCUT2D eigenvalue weighted by Gasteiger charge is -2.32. The van der Waals surface area contributed by atoms with Crippen molar-refractivity contribution in [3.63, 3.8) is 0 Å². The van der Waals surface area contributed by atoms with E-state index in [9.17, 15) is 9.59 Å². The summed E-state index contributed by atoms with van der Waals surface area (Å²) >= 11 is 1.61. The van der Waals surface area contributed by atoms with Gasteiger partial charge in [0.25, 0.3) is 0 Å². The van der Waals surface area contributed by atoms with Crippen molar-refractivity contribution in [2.45, 2.75) is 24.4 Å². The van der Waals surface area contributed by atoms with Crippen molar-refractivity contribution in [3.05, 3.63) is 42.5 Å². The van der Waals surface area contributed by atoms with E-state index in [0.29, 0.717) is 38.9 Å². The van der Waals surface area contributed by atoms with Gasteiger partial charge in [-0.25, -0.2) is 4.98 Å². The van der Waals surface area contributed by atoms with Crippen LogP contribution in [-0.2, 0) is 23.1 Å². The van der Waals surface area contributed by atoms with Gasteiger partial charge in [-0.2, -0.15) is 0 Å². The Balaban J connectivity index is 1.41. The molecule has 8 heteroatoms. The van der Waals surface area contributed by atoms with E-state index in [2.05, 4.69) is 15.3 Å². The molecule has 0 aliphatic carbocycles. The number of rotatable bonds is 8. The van der Waals surface area contributed by atoms with Crippen LogP contribution in [0, 0.1) is 5.92 Å². The van der Waals surface area contributed by atoms with E-state index in [0.717, 1.165) is 16.6 Å². The van der Waals surface area contributed by atoms with Crippen molar-refractivity contribution in [2.75, 3.05) is 25.4 Å². The Bertz CT molecular complexity index is 764. The molecule has 1 aliphatic rings. The summed E-state index contributed by atoms with van der Waals surface area (Å²) in [4.78, 5) is 35.0. The number of nitrogens with one attached hydrogen (secondary N) is 1. The lowest BCUT2D eigenvalue weighted by atomic mass is 9.96. The highest BCUT2D eigenvalue weighted by Crippen LogP contribution is 2.18. The fraction of sp³-hybridized carbons (Fsp3) is 0.474. The Morgan fingerprint density at radius 1 is 1.33 bits per heavy atom. The molecule has 7 nitrogen and oxygen atoms in total. The van der Waals surface area contributed by atoms with Crippen molar-refractivity contribution in [1.29, 1.82) is 0 Å². The number of carbonyl (C=O) groups excluding carboxylic acids is 2. The number of amides is 2. The summed E-state index contributed by atoms with van der Waals surface area (Å²) in [6, 6.07) is 5.78. The average Bonchev–Trinajstić information content (AvgIpc) is 3.10. The molecule has 2 aromatic heterocycles. The zero-order valence-corrected chi connectivity index (χ0v) is 16.3. The highest BCUT2D eigenvalue weighted by atomic mass is 32.2. The molecule has 1 N–H and O–H groups in total. The molecule has 1 atom stereocenters. The van der Waals surface area contributed by atoms with E-state index in [-0.39, 0.29) is 17.7 Å². The maximum Gasteiger partial charge on any atom is 0.224 e. The number of aryl methyl sites for hydroxylation is 1. The molecule has 0 bridgehead atoms. The molecule has 3 heterocycles. The molecule has 27 heavy (non-hydrogen) atoms. The summed E-state index contributed by atoms with van der Waals surface area (Å²) in [6.45, 7) is 1.69. The molecule has 1 fully saturated rings. The molecule has 1 saturated heterocycles. The summed E-state index contributed by atoms with van der Waals surface area (Å²) in [6.07, 6.45) is 7.19. The van der Waals surface area contributed by atoms with Crippen LogP contribution in [0.2, 0.25) is 0 Å². The zero-order valence-electron chi connectivity index (χ0n) is 15.5. The maximum atomic E-state index is 12.5. The highest BCUT2D eigenvalue weighted by Gasteiger charge is 2.29. The standard InChI is InChI=1S/C19H25N5O2S/c1-23-12-9-22-19(23)27-13-10-21-18(26)15-5-6-17(25)24(14-15)11-7-16-4-2-3-8-20-16/h2-4,8-9,12,15H,5-7,10-11,13-14H2,1H3,(H,21,26)/t15-/m1/s1. The van der Waals surface area contributed by atoms with Crippen molar-refractivity contribution < 1.29 is 9.59 Å². The average molecular weight is 388 g/mol. The fourth-order valence-corrected chi connectivity index (χ4v) is 3.88. The van der Waals surface area contributed by atoms with Crippen LogP contribution in [-0.4, -0.2) is 56.6 Å². The summed E-state index contributed by atoms with van der Waals surface area (Å²) in [7, 11) is 1.95. The van der Waals surface area contributed by atoms with Gasteiger partial charge in [-0.3, -0.25) is 14.6 Å². The normalized spacial score (nSPS) is 17.1. The molecule has 0 spiro atoms. The quantitative estimate of drug-likeness (QED) is 0.549. The second-order valence-electron chi connectivity index (χ2n) is 6.61. The van der Waals surface area contributed by atoms with E-state index in [1.165, 1.54) is 0 Å². The first-order chi connectivity index (χ1) is 13.1. The maximum absolute atomic E-state index is 12.5. The molecule has 1 aliphatic heterocycles. The molecule has 0 radical (unpaired) electrons. The van der Waals surface area contributed by atoms with Crippen LogP contribution < -0.4 is 5.32 Å². The summed E-state index contributed by atoms with van der Waals surface area (Å²) in [5.74, 6) is 0.793. The van der Waals surface area contributed by atoms with Crippen LogP contribution in [0.25, 0.3) is 0 Å². The Hall–Kier alpha value is -2.35. The minimum Gasteiger partial charge on any atom is -0.355 e. The number of aromatic nitrogens is 3. The fourth-order valence-electron chi connectivity index (χ4n) is 3.09. The number of piperidine rings is 1. The molecular formula is C19H25N5O2S. The van der Waals surface area contributed by atoms with Gasteiger partial charge in [0.2, 0.25) is 11.8 Å². The molecular weight excluding hydrogens is 362 g/mol. The Labute approximate surface area is 163 Å². The van der Waals surface area contributed by atoms with Gasteiger partial charge in [-0.15, -0.1) is 0 Å². The first-order valence-corrected chi connectivity index (χ1v) is 10.2. The molecule has 144 valence electrons. The SMILES string of the molecule is Cn1ccnc1SCCNC(=O)[C@@H]1CCC(=O)N(CCc2ccccn2)C1. The van der Waals surface area contributed by atoms with Crippen LogP contribution in [0.4, 0.5) is 0 Å². The van der Waals surface area contributed by atoms with Crippen molar-refractivity contribution >= 4 is 23.6 Å². The molecule has 3 rings (SSSR count). The lowest BCUT2D eigenvalue weighted by Crippen LogP contribution is -2.46. The predicted octanol–water partition coefficient (Wildman–Crippen LogP) is 1.50. The van der Waals surface area contributed by atoms with Gasteiger partial charge >= 0.3 is 0 Å². The monoisotopic (exact) mass is 387 g/mol. The van der Waals surface area contributed by atoms with Gasteiger partial charge < -0.3 is 14.8 Å². The lowest BCUT2D eigenvalue weighted by molar-refractivity contribution is -0.138. The van der Waals surface area contributed by atoms with Gasteiger partial charge in [0.05, 0.1) is 5.92 Å². The van der Waals surface area contributed by atoms with Crippen LogP contribution in [0.1, 0.15) is 18.5 Å². The summed E-state index contributed by atoms with van der Waals surface area (Å²) < 4.78 is 1.96. The Morgan fingerprint density at radius 3 is 2.96 bits per heavy atom. The number of pyridine rings is 1. The van der Waals surface area contributed by atoms with Crippen LogP contribution in [0.3, 0.4) is 0 Å². The van der Waals surface area contributed by atoms with E-state index < -0.39 is 0 Å². The highest BCUT2D eigenvalue weighted by molar-refractivity contribution is 7.99. The summed E-state index contributed by atoms with van der Waals surface area (Å²) in [5.41, 5.74) is 0.961. The second kappa shape index (κ2) is 9.55. The minimum atomic E-state index is -0.135. The van der Waals surface area contributed by atoms with Crippen LogP contribution in [0.15, 0.2) is 41.9 Å². The summed E-state index contributed by atoms with van der Waals surface area (Å²) in [5, 5.41) is 3.93. The van der Waals surface area contributed by atoms with Crippen LogP contribution in [0.5, 0.6) is 0 Å². The topological polar surface area (TPSA) is 80.1 Å². The van der Waals surface area contributed by atoms with Gasteiger partial charge in [0.15, 0.2) is 5.16 Å². The molecule has 2 amide bonds. The minimum absolute atomic E-state index is 0.0331. The second-order valence-corrected chi connectivity index (χ2v) is 7.67. The number of nitrogens with zero attached hydrogens (tertiary/aromatic N) is 4. The van der Waals surface area contributed by atoms with Gasteiger partial charge in [0.1, 0.15) is 0 Å². The Morgan fingerprint density at radius 2 is 2.22 bits per heavy atom. The van der Waals surface area contributed by atoms with E-state index in [4.69, 9.17) is 0 Å². The third-order valence-electron chi connectivity index (χ3n) is 4.64. The smallest absolute Gasteiger partial charge is 0.224 e. The van der Waals surface area contributed by atoms with Gasteiger partial charge in [-0.1, -0.05) is 17.8 Å². The van der Waals surface area contributed by atoms with Crippen molar-refractivity contribution in [3.8, 4) is 0 Å². The number of likely N-dealkylation sites (tertiary alicyclic amines) is 1. The predicted molar refractivity (Wildman–Crippen MR) is 104 cm³/mol. The van der Waals surface area contributed by atoms with Gasteiger partial charge in [-0.05, 0) is 18.6 Å².